The van der Waals surface area contributed by atoms with Crippen molar-refractivity contribution in [1.82, 2.24) is 0 Å². The maximum absolute atomic E-state index is 7.17. The van der Waals surface area contributed by atoms with Crippen molar-refractivity contribution in [3.63, 3.8) is 0 Å². The molecule has 0 atom stereocenters. The monoisotopic (exact) mass is 122 g/mol. The Morgan fingerprint density at radius 1 is 0.714 bits per heavy atom. The Hall–Kier alpha value is -0.265. The molecule has 0 spiro atoms. The molecule has 48 valence electrons. The van der Waals surface area contributed by atoms with Gasteiger partial charge < -0.3 is 15.1 Å². The van der Waals surface area contributed by atoms with Gasteiger partial charge in [0.2, 0.25) is 0 Å². The van der Waals surface area contributed by atoms with Gasteiger partial charge in [-0.05, 0) is 0 Å². The average Bonchev–Trinajstić information content (AvgIpc) is 0.811. The van der Waals surface area contributed by atoms with Crippen LogP contribution in [-0.4, -0.2) is 22.4 Å². The van der Waals surface area contributed by atoms with Gasteiger partial charge in [0.15, 0.2) is 0 Å². The molecule has 0 aromatic rings. The Balaban J connectivity index is -0.0000000150. The fourth-order valence-electron chi connectivity index (χ4n) is 0. The summed E-state index contributed by atoms with van der Waals surface area (Å²) >= 11 is 0. The van der Waals surface area contributed by atoms with Crippen LogP contribution in [-0.2, 0) is 0 Å². The van der Waals surface area contributed by atoms with Crippen LogP contribution in [0, 0.1) is 0 Å². The van der Waals surface area contributed by atoms with Crippen molar-refractivity contribution in [2.45, 2.75) is 0 Å². The predicted octanol–water partition coefficient (Wildman–Crippen LogP) is -1.59. The molecule has 0 fully saturated rings. The molecule has 0 rings (SSSR count). The summed E-state index contributed by atoms with van der Waals surface area (Å²) in [6, 6.07) is 0. The summed E-state index contributed by atoms with van der Waals surface area (Å²) < 4.78 is 0. The van der Waals surface area contributed by atoms with Gasteiger partial charge >= 0.3 is 7.32 Å². The van der Waals surface area contributed by atoms with E-state index >= 15 is 0 Å². The molecule has 0 saturated carbocycles. The molecule has 0 aromatic heterocycles. The molecule has 3 N–H and O–H groups in total. The first-order valence-electron chi connectivity index (χ1n) is 0.775. The third kappa shape index (κ3) is 1140. The van der Waals surface area contributed by atoms with Crippen LogP contribution < -0.4 is 0 Å². The minimum absolute atomic E-state index is 0. The largest absolute Gasteiger partial charge is 0.631 e. The molecule has 0 aromatic carbocycles. The summed E-state index contributed by atoms with van der Waals surface area (Å²) in [5.74, 6) is 0. The minimum Gasteiger partial charge on any atom is -0.402 e. The van der Waals surface area contributed by atoms with Crippen LogP contribution in [0.2, 0.25) is 0 Å². The fourth-order valence-corrected chi connectivity index (χ4v) is 0. The standard InChI is InChI=1S/BH3O3.3FH/c2-1(3)4;;;/h2-4H;3*1H. The molecule has 0 aliphatic carbocycles. The molecule has 0 heterocycles. The van der Waals surface area contributed by atoms with E-state index in [2.05, 4.69) is 0 Å². The van der Waals surface area contributed by atoms with E-state index in [0.717, 1.165) is 0 Å². The van der Waals surface area contributed by atoms with Gasteiger partial charge in [-0.25, -0.2) is 0 Å². The Labute approximate surface area is 37.9 Å². The van der Waals surface area contributed by atoms with Gasteiger partial charge in [-0.1, -0.05) is 0 Å². The van der Waals surface area contributed by atoms with Gasteiger partial charge in [-0.15, -0.1) is 0 Å². The highest BCUT2D eigenvalue weighted by Gasteiger charge is 1.92. The third-order valence-electron chi connectivity index (χ3n) is 0. The third-order valence-corrected chi connectivity index (χ3v) is 0. The Morgan fingerprint density at radius 2 is 0.714 bits per heavy atom. The van der Waals surface area contributed by atoms with Gasteiger partial charge in [-0.3, -0.25) is 14.1 Å². The number of rotatable bonds is 0. The smallest absolute Gasteiger partial charge is 0.402 e. The van der Waals surface area contributed by atoms with Crippen LogP contribution in [0.1, 0.15) is 0 Å². The van der Waals surface area contributed by atoms with Crippen molar-refractivity contribution in [1.29, 1.82) is 0 Å². The molecule has 7 heteroatoms. The molecule has 3 nitrogen and oxygen atoms in total. The predicted molar refractivity (Wildman–Crippen MR) is 19.9 cm³/mol. The van der Waals surface area contributed by atoms with E-state index in [9.17, 15) is 0 Å². The normalized spacial score (nSPS) is 3.86. The minimum atomic E-state index is -2.17. The summed E-state index contributed by atoms with van der Waals surface area (Å²) in [4.78, 5) is 0. The average molecular weight is 122 g/mol. The summed E-state index contributed by atoms with van der Waals surface area (Å²) in [6.07, 6.45) is 0. The summed E-state index contributed by atoms with van der Waals surface area (Å²) in [6.45, 7) is 0. The van der Waals surface area contributed by atoms with Crippen LogP contribution in [0.25, 0.3) is 0 Å². The first-order valence-corrected chi connectivity index (χ1v) is 0.775. The van der Waals surface area contributed by atoms with Gasteiger partial charge in [0.05, 0.1) is 0 Å². The molecule has 0 radical (unpaired) electrons. The summed E-state index contributed by atoms with van der Waals surface area (Å²) in [7, 11) is -2.17. The molecule has 0 bridgehead atoms. The van der Waals surface area contributed by atoms with Gasteiger partial charge in [0, 0.05) is 0 Å². The maximum atomic E-state index is 7.17. The molecular weight excluding hydrogens is 116 g/mol. The van der Waals surface area contributed by atoms with E-state index in [1.54, 1.807) is 0 Å². The highest BCUT2D eigenvalue weighted by Crippen LogP contribution is 1.40. The lowest BCUT2D eigenvalue weighted by Crippen LogP contribution is -2.07. The van der Waals surface area contributed by atoms with Crippen molar-refractivity contribution in [2.75, 3.05) is 0 Å². The van der Waals surface area contributed by atoms with Gasteiger partial charge in [-0.2, -0.15) is 0 Å². The van der Waals surface area contributed by atoms with Crippen molar-refractivity contribution >= 4 is 7.32 Å². The highest BCUT2D eigenvalue weighted by atomic mass is 19.0. The van der Waals surface area contributed by atoms with E-state index in [1.165, 1.54) is 0 Å². The van der Waals surface area contributed by atoms with Gasteiger partial charge in [0.25, 0.3) is 0 Å². The highest BCUT2D eigenvalue weighted by molar-refractivity contribution is 6.30. The first-order chi connectivity index (χ1) is 1.73. The molecule has 0 saturated heterocycles. The van der Waals surface area contributed by atoms with Gasteiger partial charge in [0.1, 0.15) is 0 Å². The Bertz CT molecular complexity index is 14.9. The molecule has 0 aliphatic heterocycles. The second-order valence-electron chi connectivity index (χ2n) is 0.346. The molecule has 7 heavy (non-hydrogen) atoms. The van der Waals surface area contributed by atoms with Crippen LogP contribution in [0.15, 0.2) is 0 Å². The van der Waals surface area contributed by atoms with Crippen molar-refractivity contribution in [3.8, 4) is 0 Å². The van der Waals surface area contributed by atoms with E-state index in [4.69, 9.17) is 15.1 Å². The number of hydrogen-bond acceptors (Lipinski definition) is 3. The van der Waals surface area contributed by atoms with E-state index in [1.807, 2.05) is 0 Å². The quantitative estimate of drug-likeness (QED) is 0.339. The van der Waals surface area contributed by atoms with E-state index in [0.29, 0.717) is 0 Å². The lowest BCUT2D eigenvalue weighted by atomic mass is 10.3. The molecular formula is H6BF3O3. The zero-order valence-electron chi connectivity index (χ0n) is 3.14. The Morgan fingerprint density at radius 3 is 0.714 bits per heavy atom. The second-order valence-corrected chi connectivity index (χ2v) is 0.346. The molecule has 0 unspecified atom stereocenters. The van der Waals surface area contributed by atoms with Crippen molar-refractivity contribution in [3.05, 3.63) is 0 Å². The van der Waals surface area contributed by atoms with Crippen LogP contribution in [0.5, 0.6) is 0 Å². The molecule has 0 aliphatic rings. The Kier molecular flexibility index (Phi) is 72.7. The maximum Gasteiger partial charge on any atom is 0.631 e. The lowest BCUT2D eigenvalue weighted by molar-refractivity contribution is 0.278. The topological polar surface area (TPSA) is 60.7 Å². The van der Waals surface area contributed by atoms with Crippen LogP contribution >= 0.6 is 0 Å². The van der Waals surface area contributed by atoms with Crippen LogP contribution in [0.3, 0.4) is 0 Å². The number of hydrogen-bond donors (Lipinski definition) is 3. The van der Waals surface area contributed by atoms with E-state index < -0.39 is 7.32 Å². The van der Waals surface area contributed by atoms with Crippen molar-refractivity contribution in [2.24, 2.45) is 0 Å². The van der Waals surface area contributed by atoms with Crippen LogP contribution in [0.4, 0.5) is 14.1 Å². The molecule has 0 amide bonds. The van der Waals surface area contributed by atoms with Crippen molar-refractivity contribution < 1.29 is 29.2 Å². The lowest BCUT2D eigenvalue weighted by Gasteiger charge is -1.69. The number of halogens is 3. The van der Waals surface area contributed by atoms with E-state index in [-0.39, 0.29) is 14.1 Å². The first kappa shape index (κ1) is 29.6. The SMILES string of the molecule is F.F.F.OB(O)O. The summed E-state index contributed by atoms with van der Waals surface area (Å²) in [5, 5.41) is 21.5. The zero-order valence-corrected chi connectivity index (χ0v) is 3.14. The summed E-state index contributed by atoms with van der Waals surface area (Å²) in [5.41, 5.74) is 0. The fraction of sp³-hybridized carbons (Fsp3) is 0. The zero-order chi connectivity index (χ0) is 3.58. The second kappa shape index (κ2) is 17.2.